The van der Waals surface area contributed by atoms with Gasteiger partial charge in [0.05, 0.1) is 0 Å². The Morgan fingerprint density at radius 1 is 1.26 bits per heavy atom. The Labute approximate surface area is 167 Å². The number of halogens is 1. The van der Waals surface area contributed by atoms with Crippen molar-refractivity contribution < 1.29 is 9.59 Å². The number of benzene rings is 1. The standard InChI is InChI=1S/C18H22ClN5O2S/c1-12-5-2-3-9-24(12)10-8-20-15(25)17-22-23-18(27-17)16(26)21-14-7-4-6-13(19)11-14/h4,6-7,11-12H,2-3,5,8-10H2,1H3,(H,20,25)(H,21,26). The predicted molar refractivity (Wildman–Crippen MR) is 107 cm³/mol. The van der Waals surface area contributed by atoms with Crippen LogP contribution in [0.15, 0.2) is 24.3 Å². The van der Waals surface area contributed by atoms with Gasteiger partial charge in [-0.15, -0.1) is 10.2 Å². The summed E-state index contributed by atoms with van der Waals surface area (Å²) >= 11 is 6.87. The fraction of sp³-hybridized carbons (Fsp3) is 0.444. The van der Waals surface area contributed by atoms with E-state index in [1.54, 1.807) is 24.3 Å². The molecule has 0 saturated carbocycles. The van der Waals surface area contributed by atoms with Crippen LogP contribution in [0.25, 0.3) is 0 Å². The number of carbonyl (C=O) groups is 2. The van der Waals surface area contributed by atoms with Crippen molar-refractivity contribution in [1.29, 1.82) is 0 Å². The third-order valence-electron chi connectivity index (χ3n) is 4.52. The summed E-state index contributed by atoms with van der Waals surface area (Å²) in [4.78, 5) is 26.9. The summed E-state index contributed by atoms with van der Waals surface area (Å²) in [5.41, 5.74) is 0.560. The van der Waals surface area contributed by atoms with E-state index in [1.807, 2.05) is 0 Å². The number of hydrogen-bond acceptors (Lipinski definition) is 6. The van der Waals surface area contributed by atoms with Crippen LogP contribution < -0.4 is 10.6 Å². The Hall–Kier alpha value is -2.03. The average Bonchev–Trinajstić information content (AvgIpc) is 3.14. The Bertz CT molecular complexity index is 813. The van der Waals surface area contributed by atoms with Crippen LogP contribution in [0.3, 0.4) is 0 Å². The first kappa shape index (κ1) is 19.7. The minimum Gasteiger partial charge on any atom is -0.349 e. The molecule has 0 aliphatic carbocycles. The van der Waals surface area contributed by atoms with E-state index in [9.17, 15) is 9.59 Å². The number of hydrogen-bond donors (Lipinski definition) is 2. The molecule has 1 aliphatic heterocycles. The maximum atomic E-state index is 12.2. The van der Waals surface area contributed by atoms with Crippen LogP contribution >= 0.6 is 22.9 Å². The molecular weight excluding hydrogens is 386 g/mol. The SMILES string of the molecule is CC1CCCCN1CCNC(=O)c1nnc(C(=O)Nc2cccc(Cl)c2)s1. The molecule has 1 saturated heterocycles. The fourth-order valence-corrected chi connectivity index (χ4v) is 3.88. The lowest BCUT2D eigenvalue weighted by atomic mass is 10.0. The van der Waals surface area contributed by atoms with Crippen molar-refractivity contribution in [3.05, 3.63) is 39.3 Å². The normalized spacial score (nSPS) is 17.5. The van der Waals surface area contributed by atoms with Gasteiger partial charge in [-0.2, -0.15) is 0 Å². The monoisotopic (exact) mass is 407 g/mol. The first-order valence-corrected chi connectivity index (χ1v) is 10.1. The van der Waals surface area contributed by atoms with Crippen LogP contribution in [0.5, 0.6) is 0 Å². The molecule has 0 bridgehead atoms. The van der Waals surface area contributed by atoms with E-state index < -0.39 is 5.91 Å². The van der Waals surface area contributed by atoms with Gasteiger partial charge in [0.15, 0.2) is 0 Å². The van der Waals surface area contributed by atoms with E-state index in [0.717, 1.165) is 24.4 Å². The molecule has 1 atom stereocenters. The lowest BCUT2D eigenvalue weighted by Crippen LogP contribution is -2.42. The van der Waals surface area contributed by atoms with Gasteiger partial charge in [0.1, 0.15) is 0 Å². The maximum Gasteiger partial charge on any atom is 0.286 e. The Morgan fingerprint density at radius 3 is 2.78 bits per heavy atom. The number of amides is 2. The summed E-state index contributed by atoms with van der Waals surface area (Å²) in [7, 11) is 0. The largest absolute Gasteiger partial charge is 0.349 e. The molecule has 2 amide bonds. The quantitative estimate of drug-likeness (QED) is 0.768. The van der Waals surface area contributed by atoms with Crippen molar-refractivity contribution in [3.8, 4) is 0 Å². The van der Waals surface area contributed by atoms with E-state index in [4.69, 9.17) is 11.6 Å². The number of anilines is 1. The molecule has 1 aromatic carbocycles. The highest BCUT2D eigenvalue weighted by Crippen LogP contribution is 2.18. The number of carbonyl (C=O) groups excluding carboxylic acids is 2. The van der Waals surface area contributed by atoms with Gasteiger partial charge in [-0.3, -0.25) is 14.5 Å². The van der Waals surface area contributed by atoms with Crippen LogP contribution in [-0.4, -0.2) is 52.6 Å². The molecule has 7 nitrogen and oxygen atoms in total. The lowest BCUT2D eigenvalue weighted by molar-refractivity contribution is 0.0936. The van der Waals surface area contributed by atoms with Crippen molar-refractivity contribution in [2.45, 2.75) is 32.2 Å². The summed E-state index contributed by atoms with van der Waals surface area (Å²) in [6.45, 7) is 4.65. The third-order valence-corrected chi connectivity index (χ3v) is 5.68. The van der Waals surface area contributed by atoms with E-state index in [0.29, 0.717) is 23.3 Å². The second-order valence-corrected chi connectivity index (χ2v) is 7.93. The molecular formula is C18H22ClN5O2S. The highest BCUT2D eigenvalue weighted by Gasteiger charge is 2.20. The van der Waals surface area contributed by atoms with Gasteiger partial charge in [0.25, 0.3) is 11.8 Å². The van der Waals surface area contributed by atoms with Gasteiger partial charge in [-0.25, -0.2) is 0 Å². The maximum absolute atomic E-state index is 12.2. The molecule has 3 rings (SSSR count). The summed E-state index contributed by atoms with van der Waals surface area (Å²) in [5.74, 6) is -0.727. The summed E-state index contributed by atoms with van der Waals surface area (Å²) in [6.07, 6.45) is 3.68. The molecule has 0 spiro atoms. The van der Waals surface area contributed by atoms with Crippen molar-refractivity contribution in [3.63, 3.8) is 0 Å². The van der Waals surface area contributed by atoms with Crippen LogP contribution in [0.2, 0.25) is 5.02 Å². The number of piperidine rings is 1. The number of aromatic nitrogens is 2. The molecule has 1 aliphatic rings. The zero-order valence-electron chi connectivity index (χ0n) is 15.1. The number of rotatable bonds is 6. The highest BCUT2D eigenvalue weighted by molar-refractivity contribution is 7.15. The summed E-state index contributed by atoms with van der Waals surface area (Å²) < 4.78 is 0. The molecule has 2 N–H and O–H groups in total. The highest BCUT2D eigenvalue weighted by atomic mass is 35.5. The molecule has 144 valence electrons. The Morgan fingerprint density at radius 2 is 2.04 bits per heavy atom. The molecule has 1 aromatic heterocycles. The summed E-state index contributed by atoms with van der Waals surface area (Å²) in [5, 5.41) is 14.0. The van der Waals surface area contributed by atoms with Gasteiger partial charge < -0.3 is 10.6 Å². The van der Waals surface area contributed by atoms with Crippen LogP contribution in [0, 0.1) is 0 Å². The molecule has 27 heavy (non-hydrogen) atoms. The minimum absolute atomic E-state index is 0.129. The molecule has 0 radical (unpaired) electrons. The molecule has 2 aromatic rings. The number of nitrogens with one attached hydrogen (secondary N) is 2. The zero-order chi connectivity index (χ0) is 19.2. The van der Waals surface area contributed by atoms with Crippen molar-refractivity contribution in [2.75, 3.05) is 25.0 Å². The van der Waals surface area contributed by atoms with Crippen molar-refractivity contribution in [1.82, 2.24) is 20.4 Å². The van der Waals surface area contributed by atoms with Crippen LogP contribution in [0.4, 0.5) is 5.69 Å². The van der Waals surface area contributed by atoms with Gasteiger partial charge in [-0.1, -0.05) is 35.4 Å². The zero-order valence-corrected chi connectivity index (χ0v) is 16.6. The van der Waals surface area contributed by atoms with E-state index in [2.05, 4.69) is 32.7 Å². The fourth-order valence-electron chi connectivity index (χ4n) is 3.04. The lowest BCUT2D eigenvalue weighted by Gasteiger charge is -2.33. The van der Waals surface area contributed by atoms with Gasteiger partial charge in [-0.05, 0) is 44.5 Å². The van der Waals surface area contributed by atoms with E-state index >= 15 is 0 Å². The van der Waals surface area contributed by atoms with Gasteiger partial charge >= 0.3 is 0 Å². The third kappa shape index (κ3) is 5.47. The molecule has 2 heterocycles. The van der Waals surface area contributed by atoms with Crippen LogP contribution in [0.1, 0.15) is 45.8 Å². The van der Waals surface area contributed by atoms with Crippen molar-refractivity contribution >= 4 is 40.4 Å². The van der Waals surface area contributed by atoms with Gasteiger partial charge in [0.2, 0.25) is 10.0 Å². The number of nitrogens with zero attached hydrogens (tertiary/aromatic N) is 3. The Balaban J connectivity index is 1.50. The van der Waals surface area contributed by atoms with E-state index in [-0.39, 0.29) is 15.9 Å². The topological polar surface area (TPSA) is 87.2 Å². The van der Waals surface area contributed by atoms with Crippen LogP contribution in [-0.2, 0) is 0 Å². The van der Waals surface area contributed by atoms with Gasteiger partial charge in [0, 0.05) is 29.8 Å². The number of likely N-dealkylation sites (tertiary alicyclic amines) is 1. The first-order chi connectivity index (χ1) is 13.0. The first-order valence-electron chi connectivity index (χ1n) is 8.95. The Kier molecular flexibility index (Phi) is 6.76. The molecule has 1 unspecified atom stereocenters. The molecule has 9 heteroatoms. The smallest absolute Gasteiger partial charge is 0.286 e. The minimum atomic E-state index is -0.420. The second kappa shape index (κ2) is 9.25. The van der Waals surface area contributed by atoms with Crippen molar-refractivity contribution in [2.24, 2.45) is 0 Å². The second-order valence-electron chi connectivity index (χ2n) is 6.51. The van der Waals surface area contributed by atoms with E-state index in [1.165, 1.54) is 19.3 Å². The summed E-state index contributed by atoms with van der Waals surface area (Å²) in [6, 6.07) is 7.37. The average molecular weight is 408 g/mol. The molecule has 1 fully saturated rings. The predicted octanol–water partition coefficient (Wildman–Crippen LogP) is 3.05.